The summed E-state index contributed by atoms with van der Waals surface area (Å²) in [5.74, 6) is 1.09. The molecule has 7 heteroatoms. The Kier molecular flexibility index (Phi) is 3.54. The summed E-state index contributed by atoms with van der Waals surface area (Å²) in [6.07, 6.45) is 4.11. The van der Waals surface area contributed by atoms with E-state index in [2.05, 4.69) is 5.10 Å². The monoisotopic (exact) mass is 301 g/mol. The fourth-order valence-corrected chi connectivity index (χ4v) is 2.17. The van der Waals surface area contributed by atoms with Gasteiger partial charge in [0, 0.05) is 31.4 Å². The van der Waals surface area contributed by atoms with Crippen LogP contribution in [0.25, 0.3) is 11.1 Å². The number of hydrogen-bond acceptors (Lipinski definition) is 5. The highest BCUT2D eigenvalue weighted by atomic mass is 16.7. The van der Waals surface area contributed by atoms with E-state index in [0.717, 1.165) is 11.8 Å². The van der Waals surface area contributed by atoms with E-state index in [-0.39, 0.29) is 19.2 Å². The van der Waals surface area contributed by atoms with Crippen LogP contribution in [0.1, 0.15) is 10.4 Å². The molecule has 2 aromatic rings. The number of carbonyl (C=O) groups is 2. The number of likely N-dealkylation sites (N-methyl/N-ethyl adjacent to an activating group) is 1. The van der Waals surface area contributed by atoms with Crippen molar-refractivity contribution in [2.75, 3.05) is 20.9 Å². The molecule has 114 valence electrons. The molecule has 1 aromatic carbocycles. The Balaban J connectivity index is 1.93. The summed E-state index contributed by atoms with van der Waals surface area (Å²) in [5, 5.41) is 4.17. The molecule has 0 fully saturated rings. The van der Waals surface area contributed by atoms with Gasteiger partial charge in [0.1, 0.15) is 6.54 Å². The molecular weight excluding hydrogens is 286 g/mol. The number of benzene rings is 1. The van der Waals surface area contributed by atoms with Gasteiger partial charge in [-0.1, -0.05) is 0 Å². The molecule has 1 aliphatic rings. The Bertz CT molecular complexity index is 736. The average molecular weight is 301 g/mol. The first kappa shape index (κ1) is 14.1. The molecule has 0 saturated heterocycles. The van der Waals surface area contributed by atoms with Gasteiger partial charge in [0.15, 0.2) is 17.8 Å². The van der Waals surface area contributed by atoms with Gasteiger partial charge < -0.3 is 14.4 Å². The second-order valence-electron chi connectivity index (χ2n) is 5.13. The fraction of sp³-hybridized carbons (Fsp3) is 0.267. The first-order valence-corrected chi connectivity index (χ1v) is 6.70. The van der Waals surface area contributed by atoms with Crippen LogP contribution in [0.5, 0.6) is 11.5 Å². The zero-order valence-corrected chi connectivity index (χ0v) is 12.3. The van der Waals surface area contributed by atoms with Crippen LogP contribution in [0.15, 0.2) is 24.5 Å². The van der Waals surface area contributed by atoms with Crippen molar-refractivity contribution in [2.24, 2.45) is 0 Å². The third-order valence-electron chi connectivity index (χ3n) is 3.41. The molecule has 0 saturated carbocycles. The number of aldehydes is 1. The summed E-state index contributed by atoms with van der Waals surface area (Å²) in [4.78, 5) is 24.5. The predicted octanol–water partition coefficient (Wildman–Crippen LogP) is 1.18. The molecule has 0 radical (unpaired) electrons. The standard InChI is InChI=1S/C15H15N3O4/c1-17(2)15(20)7-18-6-11(5-16-18)12-4-14-13(21-9-22-14)3-10(12)8-19/h3-6,8H,7,9H2,1-2H3. The van der Waals surface area contributed by atoms with Crippen molar-refractivity contribution in [3.8, 4) is 22.6 Å². The lowest BCUT2D eigenvalue weighted by molar-refractivity contribution is -0.129. The number of rotatable bonds is 4. The average Bonchev–Trinajstić information content (AvgIpc) is 3.13. The second kappa shape index (κ2) is 5.51. The molecule has 22 heavy (non-hydrogen) atoms. The smallest absolute Gasteiger partial charge is 0.243 e. The summed E-state index contributed by atoms with van der Waals surface area (Å²) in [5.41, 5.74) is 1.93. The van der Waals surface area contributed by atoms with Crippen molar-refractivity contribution >= 4 is 12.2 Å². The van der Waals surface area contributed by atoms with E-state index in [4.69, 9.17) is 9.47 Å². The zero-order chi connectivity index (χ0) is 15.7. The summed E-state index contributed by atoms with van der Waals surface area (Å²) >= 11 is 0. The molecule has 7 nitrogen and oxygen atoms in total. The Morgan fingerprint density at radius 1 is 1.36 bits per heavy atom. The first-order chi connectivity index (χ1) is 10.6. The van der Waals surface area contributed by atoms with Crippen LogP contribution in [0, 0.1) is 0 Å². The summed E-state index contributed by atoms with van der Waals surface area (Å²) < 4.78 is 12.1. The fourth-order valence-electron chi connectivity index (χ4n) is 2.17. The highest BCUT2D eigenvalue weighted by Gasteiger charge is 2.19. The zero-order valence-electron chi connectivity index (χ0n) is 12.3. The number of carbonyl (C=O) groups excluding carboxylic acids is 2. The van der Waals surface area contributed by atoms with E-state index < -0.39 is 0 Å². The van der Waals surface area contributed by atoms with Crippen LogP contribution in [0.4, 0.5) is 0 Å². The number of ether oxygens (including phenoxy) is 2. The Morgan fingerprint density at radius 2 is 2.09 bits per heavy atom. The number of amides is 1. The minimum absolute atomic E-state index is 0.0593. The van der Waals surface area contributed by atoms with Crippen LogP contribution in [0.2, 0.25) is 0 Å². The highest BCUT2D eigenvalue weighted by Crippen LogP contribution is 2.38. The van der Waals surface area contributed by atoms with E-state index in [1.54, 1.807) is 38.6 Å². The lowest BCUT2D eigenvalue weighted by Crippen LogP contribution is -2.26. The molecule has 1 aliphatic heterocycles. The van der Waals surface area contributed by atoms with E-state index in [1.807, 2.05) is 0 Å². The van der Waals surface area contributed by atoms with Gasteiger partial charge in [-0.25, -0.2) is 0 Å². The number of nitrogens with zero attached hydrogens (tertiary/aromatic N) is 3. The molecular formula is C15H15N3O4. The molecule has 0 aliphatic carbocycles. The van der Waals surface area contributed by atoms with E-state index in [1.165, 1.54) is 9.58 Å². The van der Waals surface area contributed by atoms with Crippen LogP contribution in [-0.4, -0.2) is 47.8 Å². The van der Waals surface area contributed by atoms with Crippen molar-refractivity contribution in [3.05, 3.63) is 30.1 Å². The van der Waals surface area contributed by atoms with Gasteiger partial charge in [0.2, 0.25) is 12.7 Å². The Morgan fingerprint density at radius 3 is 2.77 bits per heavy atom. The number of fused-ring (bicyclic) bond motifs is 1. The topological polar surface area (TPSA) is 73.7 Å². The molecule has 0 atom stereocenters. The first-order valence-electron chi connectivity index (χ1n) is 6.70. The van der Waals surface area contributed by atoms with Gasteiger partial charge in [-0.3, -0.25) is 14.3 Å². The van der Waals surface area contributed by atoms with E-state index >= 15 is 0 Å². The third kappa shape index (κ3) is 2.52. The van der Waals surface area contributed by atoms with Crippen LogP contribution in [-0.2, 0) is 11.3 Å². The Labute approximate surface area is 127 Å². The number of hydrogen-bond donors (Lipinski definition) is 0. The molecule has 3 rings (SSSR count). The maximum absolute atomic E-state index is 11.7. The lowest BCUT2D eigenvalue weighted by Gasteiger charge is -2.09. The van der Waals surface area contributed by atoms with Gasteiger partial charge in [-0.15, -0.1) is 0 Å². The van der Waals surface area contributed by atoms with Gasteiger partial charge in [-0.2, -0.15) is 5.10 Å². The number of aromatic nitrogens is 2. The second-order valence-corrected chi connectivity index (χ2v) is 5.13. The third-order valence-corrected chi connectivity index (χ3v) is 3.41. The van der Waals surface area contributed by atoms with Crippen molar-refractivity contribution in [3.63, 3.8) is 0 Å². The largest absolute Gasteiger partial charge is 0.454 e. The molecule has 0 unspecified atom stereocenters. The van der Waals surface area contributed by atoms with Crippen molar-refractivity contribution in [2.45, 2.75) is 6.54 Å². The molecule has 0 spiro atoms. The van der Waals surface area contributed by atoms with Crippen molar-refractivity contribution in [1.29, 1.82) is 0 Å². The molecule has 2 heterocycles. The van der Waals surface area contributed by atoms with Gasteiger partial charge in [-0.05, 0) is 17.7 Å². The molecule has 1 aromatic heterocycles. The van der Waals surface area contributed by atoms with Crippen LogP contribution in [0.3, 0.4) is 0 Å². The van der Waals surface area contributed by atoms with E-state index in [9.17, 15) is 9.59 Å². The van der Waals surface area contributed by atoms with Gasteiger partial charge in [0.05, 0.1) is 6.20 Å². The maximum atomic E-state index is 11.7. The molecule has 0 N–H and O–H groups in total. The predicted molar refractivity (Wildman–Crippen MR) is 77.9 cm³/mol. The van der Waals surface area contributed by atoms with Crippen LogP contribution >= 0.6 is 0 Å². The summed E-state index contributed by atoms with van der Waals surface area (Å²) in [6, 6.07) is 3.40. The maximum Gasteiger partial charge on any atom is 0.243 e. The highest BCUT2D eigenvalue weighted by molar-refractivity contribution is 5.89. The van der Waals surface area contributed by atoms with Gasteiger partial charge >= 0.3 is 0 Å². The van der Waals surface area contributed by atoms with Crippen molar-refractivity contribution in [1.82, 2.24) is 14.7 Å². The van der Waals surface area contributed by atoms with Crippen molar-refractivity contribution < 1.29 is 19.1 Å². The van der Waals surface area contributed by atoms with Gasteiger partial charge in [0.25, 0.3) is 0 Å². The Hall–Kier alpha value is -2.83. The lowest BCUT2D eigenvalue weighted by atomic mass is 10.0. The summed E-state index contributed by atoms with van der Waals surface area (Å²) in [7, 11) is 3.38. The quantitative estimate of drug-likeness (QED) is 0.793. The normalized spacial score (nSPS) is 12.3. The van der Waals surface area contributed by atoms with Crippen LogP contribution < -0.4 is 9.47 Å². The SMILES string of the molecule is CN(C)C(=O)Cn1cc(-c2cc3c(cc2C=O)OCO3)cn1. The molecule has 0 bridgehead atoms. The van der Waals surface area contributed by atoms with E-state index in [0.29, 0.717) is 22.6 Å². The molecule has 1 amide bonds. The minimum Gasteiger partial charge on any atom is -0.454 e. The minimum atomic E-state index is -0.0593. The summed E-state index contributed by atoms with van der Waals surface area (Å²) in [6.45, 7) is 0.293.